The maximum atomic E-state index is 12.4. The van der Waals surface area contributed by atoms with Gasteiger partial charge in [0.2, 0.25) is 5.91 Å². The smallest absolute Gasteiger partial charge is 0.237 e. The highest BCUT2D eigenvalue weighted by atomic mass is 16.3. The van der Waals surface area contributed by atoms with Crippen molar-refractivity contribution in [2.45, 2.75) is 57.7 Å². The molecule has 6 nitrogen and oxygen atoms in total. The predicted octanol–water partition coefficient (Wildman–Crippen LogP) is 2.61. The lowest BCUT2D eigenvalue weighted by Crippen LogP contribution is -2.51. The summed E-state index contributed by atoms with van der Waals surface area (Å²) in [6.07, 6.45) is 4.49. The number of carbonyl (C=O) groups is 1. The van der Waals surface area contributed by atoms with Crippen molar-refractivity contribution in [2.24, 2.45) is 11.7 Å². The zero-order chi connectivity index (χ0) is 22.2. The van der Waals surface area contributed by atoms with Crippen molar-refractivity contribution in [3.63, 3.8) is 0 Å². The van der Waals surface area contributed by atoms with Crippen molar-refractivity contribution in [1.29, 1.82) is 0 Å². The molecule has 3 rings (SSSR count). The lowest BCUT2D eigenvalue weighted by atomic mass is 10.0. The van der Waals surface area contributed by atoms with E-state index in [1.54, 1.807) is 0 Å². The number of nitrogens with two attached hydrogens (primary N) is 1. The third kappa shape index (κ3) is 7.13. The van der Waals surface area contributed by atoms with Crippen LogP contribution in [0, 0.1) is 5.92 Å². The number of aliphatic hydroxyl groups is 1. The van der Waals surface area contributed by atoms with Crippen LogP contribution >= 0.6 is 0 Å². The summed E-state index contributed by atoms with van der Waals surface area (Å²) in [4.78, 5) is 19.1. The number of nitrogens with zero attached hydrogens (tertiary/aromatic N) is 2. The molecular formula is C25H36N4O2. The van der Waals surface area contributed by atoms with Gasteiger partial charge < -0.3 is 21.1 Å². The van der Waals surface area contributed by atoms with E-state index >= 15 is 0 Å². The number of likely N-dealkylation sites (tertiary alicyclic amines) is 1. The molecule has 0 bridgehead atoms. The molecule has 2 heterocycles. The number of hydrogen-bond donors (Lipinski definition) is 3. The predicted molar refractivity (Wildman–Crippen MR) is 124 cm³/mol. The molecule has 1 saturated heterocycles. The SMILES string of the molecule is CC(C)CC(N)C(=O)NC1CCCN(CCc2cccc(-c3ccccn3)c2)C[C@@H]1O. The number of rotatable bonds is 8. The zero-order valence-corrected chi connectivity index (χ0v) is 18.7. The first kappa shape index (κ1) is 23.4. The topological polar surface area (TPSA) is 91.5 Å². The third-order valence-corrected chi connectivity index (χ3v) is 5.89. The van der Waals surface area contributed by atoms with Crippen molar-refractivity contribution in [1.82, 2.24) is 15.2 Å². The van der Waals surface area contributed by atoms with E-state index in [4.69, 9.17) is 5.73 Å². The van der Waals surface area contributed by atoms with Crippen LogP contribution in [0.3, 0.4) is 0 Å². The summed E-state index contributed by atoms with van der Waals surface area (Å²) in [7, 11) is 0. The second-order valence-electron chi connectivity index (χ2n) is 9.03. The quantitative estimate of drug-likeness (QED) is 0.606. The number of β-amino-alcohol motifs (C(OH)–C–C–N with tert-alkyl or cyclic N) is 1. The molecule has 1 aromatic carbocycles. The van der Waals surface area contributed by atoms with E-state index in [1.165, 1.54) is 5.56 Å². The van der Waals surface area contributed by atoms with Gasteiger partial charge in [0.15, 0.2) is 0 Å². The van der Waals surface area contributed by atoms with Crippen molar-refractivity contribution < 1.29 is 9.90 Å². The van der Waals surface area contributed by atoms with Gasteiger partial charge in [-0.1, -0.05) is 38.1 Å². The van der Waals surface area contributed by atoms with Crippen LogP contribution in [-0.4, -0.2) is 58.7 Å². The van der Waals surface area contributed by atoms with Crippen LogP contribution in [-0.2, 0) is 11.2 Å². The fourth-order valence-corrected chi connectivity index (χ4v) is 4.19. The number of aromatic nitrogens is 1. The normalized spacial score (nSPS) is 20.9. The van der Waals surface area contributed by atoms with Gasteiger partial charge in [0.25, 0.3) is 0 Å². The van der Waals surface area contributed by atoms with E-state index in [0.29, 0.717) is 18.9 Å². The number of pyridine rings is 1. The van der Waals surface area contributed by atoms with Gasteiger partial charge in [-0.2, -0.15) is 0 Å². The van der Waals surface area contributed by atoms with E-state index < -0.39 is 12.1 Å². The van der Waals surface area contributed by atoms with Crippen molar-refractivity contribution in [2.75, 3.05) is 19.6 Å². The summed E-state index contributed by atoms with van der Waals surface area (Å²) < 4.78 is 0. The van der Waals surface area contributed by atoms with Gasteiger partial charge in [0.1, 0.15) is 0 Å². The molecule has 2 aromatic rings. The Labute approximate surface area is 185 Å². The Bertz CT molecular complexity index is 827. The summed E-state index contributed by atoms with van der Waals surface area (Å²) in [5, 5.41) is 13.7. The first-order valence-electron chi connectivity index (χ1n) is 11.4. The number of amides is 1. The molecule has 31 heavy (non-hydrogen) atoms. The van der Waals surface area contributed by atoms with E-state index in [0.717, 1.165) is 43.6 Å². The molecule has 0 aliphatic carbocycles. The van der Waals surface area contributed by atoms with Crippen LogP contribution in [0.2, 0.25) is 0 Å². The van der Waals surface area contributed by atoms with E-state index in [2.05, 4.69) is 53.3 Å². The van der Waals surface area contributed by atoms with Gasteiger partial charge in [-0.05, 0) is 61.9 Å². The Hall–Kier alpha value is -2.28. The molecule has 4 N–H and O–H groups in total. The minimum Gasteiger partial charge on any atom is -0.390 e. The molecular weight excluding hydrogens is 388 g/mol. The second-order valence-corrected chi connectivity index (χ2v) is 9.03. The molecule has 2 unspecified atom stereocenters. The number of nitrogens with one attached hydrogen (secondary N) is 1. The maximum Gasteiger partial charge on any atom is 0.237 e. The van der Waals surface area contributed by atoms with Gasteiger partial charge in [0.05, 0.1) is 23.9 Å². The minimum absolute atomic E-state index is 0.155. The highest BCUT2D eigenvalue weighted by Crippen LogP contribution is 2.19. The highest BCUT2D eigenvalue weighted by Gasteiger charge is 2.28. The monoisotopic (exact) mass is 424 g/mol. The molecule has 1 fully saturated rings. The van der Waals surface area contributed by atoms with Gasteiger partial charge >= 0.3 is 0 Å². The van der Waals surface area contributed by atoms with Crippen LogP contribution in [0.1, 0.15) is 38.7 Å². The molecule has 1 aromatic heterocycles. The Balaban J connectivity index is 1.52. The Morgan fingerprint density at radius 1 is 1.29 bits per heavy atom. The summed E-state index contributed by atoms with van der Waals surface area (Å²) in [6, 6.07) is 13.7. The second kappa shape index (κ2) is 11.4. The first-order chi connectivity index (χ1) is 14.9. The molecule has 1 amide bonds. The third-order valence-electron chi connectivity index (χ3n) is 5.89. The average molecular weight is 425 g/mol. The number of hydrogen-bond acceptors (Lipinski definition) is 5. The summed E-state index contributed by atoms with van der Waals surface area (Å²) >= 11 is 0. The average Bonchev–Trinajstić information content (AvgIpc) is 2.93. The fourth-order valence-electron chi connectivity index (χ4n) is 4.19. The zero-order valence-electron chi connectivity index (χ0n) is 18.7. The van der Waals surface area contributed by atoms with Gasteiger partial charge in [-0.25, -0.2) is 0 Å². The van der Waals surface area contributed by atoms with Crippen LogP contribution in [0.4, 0.5) is 0 Å². The van der Waals surface area contributed by atoms with Crippen molar-refractivity contribution in [3.8, 4) is 11.3 Å². The molecule has 0 radical (unpaired) electrons. The fraction of sp³-hybridized carbons (Fsp3) is 0.520. The number of carbonyl (C=O) groups excluding carboxylic acids is 1. The standard InChI is InChI=1S/C25H36N4O2/c1-18(2)15-21(26)25(31)28-23-10-6-13-29(17-24(23)30)14-11-19-7-5-8-20(16-19)22-9-3-4-12-27-22/h3-5,7-9,12,16,18,21,23-24,30H,6,10-11,13-15,17,26H2,1-2H3,(H,28,31)/t21?,23?,24-/m0/s1. The van der Waals surface area contributed by atoms with E-state index in [-0.39, 0.29) is 11.9 Å². The van der Waals surface area contributed by atoms with Crippen LogP contribution in [0.5, 0.6) is 0 Å². The van der Waals surface area contributed by atoms with Gasteiger partial charge in [0, 0.05) is 24.8 Å². The summed E-state index contributed by atoms with van der Waals surface area (Å²) in [6.45, 7) is 6.46. The van der Waals surface area contributed by atoms with Crippen molar-refractivity contribution in [3.05, 3.63) is 54.2 Å². The lowest BCUT2D eigenvalue weighted by molar-refractivity contribution is -0.124. The maximum absolute atomic E-state index is 12.4. The molecule has 1 aliphatic rings. The minimum atomic E-state index is -0.586. The first-order valence-corrected chi connectivity index (χ1v) is 11.4. The molecule has 0 spiro atoms. The summed E-state index contributed by atoms with van der Waals surface area (Å²) in [5.74, 6) is 0.212. The van der Waals surface area contributed by atoms with Crippen LogP contribution in [0.15, 0.2) is 48.7 Å². The number of aliphatic hydroxyl groups excluding tert-OH is 1. The molecule has 3 atom stereocenters. The Morgan fingerprint density at radius 3 is 2.87 bits per heavy atom. The van der Waals surface area contributed by atoms with Crippen LogP contribution in [0.25, 0.3) is 11.3 Å². The van der Waals surface area contributed by atoms with E-state index in [1.807, 2.05) is 24.4 Å². The van der Waals surface area contributed by atoms with Gasteiger partial charge in [-0.3, -0.25) is 9.78 Å². The van der Waals surface area contributed by atoms with Gasteiger partial charge in [-0.15, -0.1) is 0 Å². The van der Waals surface area contributed by atoms with Crippen molar-refractivity contribution >= 4 is 5.91 Å². The molecule has 1 aliphatic heterocycles. The molecule has 6 heteroatoms. The van der Waals surface area contributed by atoms with E-state index in [9.17, 15) is 9.90 Å². The highest BCUT2D eigenvalue weighted by molar-refractivity contribution is 5.81. The Kier molecular flexibility index (Phi) is 8.58. The largest absolute Gasteiger partial charge is 0.390 e. The van der Waals surface area contributed by atoms with Crippen LogP contribution < -0.4 is 11.1 Å². The summed E-state index contributed by atoms with van der Waals surface area (Å²) in [5.41, 5.74) is 9.36. The lowest BCUT2D eigenvalue weighted by Gasteiger charge is -2.26. The number of benzene rings is 1. The molecule has 168 valence electrons. The Morgan fingerprint density at radius 2 is 2.13 bits per heavy atom. The molecule has 0 saturated carbocycles.